The van der Waals surface area contributed by atoms with Crippen molar-refractivity contribution in [3.8, 4) is 0 Å². The van der Waals surface area contributed by atoms with Gasteiger partial charge in [-0.2, -0.15) is 0 Å². The summed E-state index contributed by atoms with van der Waals surface area (Å²) in [7, 11) is -2.11. The second-order valence-electron chi connectivity index (χ2n) is 3.49. The van der Waals surface area contributed by atoms with Crippen LogP contribution in [-0.4, -0.2) is 0 Å². The minimum atomic E-state index is -2.11. The monoisotopic (exact) mass is 260 g/mol. The highest BCUT2D eigenvalue weighted by Gasteiger charge is 2.23. The SMILES string of the molecule is C=C/C=C\C1=C(C=C)OC(C=C)=C(/C=C\C)[PH]1=O. The molecule has 0 aromatic carbocycles. The van der Waals surface area contributed by atoms with Crippen molar-refractivity contribution in [2.45, 2.75) is 6.92 Å². The largest absolute Gasteiger partial charge is 0.456 e. The number of ether oxygens (including phenoxy) is 1. The smallest absolute Gasteiger partial charge is 0.139 e. The lowest BCUT2D eigenvalue weighted by Gasteiger charge is -2.20. The van der Waals surface area contributed by atoms with Gasteiger partial charge >= 0.3 is 0 Å². The molecule has 0 amide bonds. The average molecular weight is 260 g/mol. The first-order chi connectivity index (χ1) is 8.69. The Bertz CT molecular complexity index is 517. The molecule has 1 aliphatic rings. The lowest BCUT2D eigenvalue weighted by atomic mass is 10.3. The summed E-state index contributed by atoms with van der Waals surface area (Å²) >= 11 is 0. The Hall–Kier alpha value is -1.79. The number of hydrogen-bond donors (Lipinski definition) is 0. The molecule has 0 fully saturated rings. The van der Waals surface area contributed by atoms with E-state index < -0.39 is 7.80 Å². The molecule has 0 aromatic heterocycles. The molecule has 1 atom stereocenters. The molecule has 2 nitrogen and oxygen atoms in total. The van der Waals surface area contributed by atoms with E-state index in [0.29, 0.717) is 22.1 Å². The Balaban J connectivity index is 3.34. The lowest BCUT2D eigenvalue weighted by molar-refractivity contribution is 0.331. The van der Waals surface area contributed by atoms with Gasteiger partial charge in [-0.05, 0) is 25.2 Å². The highest BCUT2D eigenvalue weighted by molar-refractivity contribution is 7.55. The van der Waals surface area contributed by atoms with Gasteiger partial charge in [-0.15, -0.1) is 0 Å². The van der Waals surface area contributed by atoms with Crippen LogP contribution in [0.15, 0.2) is 84.4 Å². The zero-order valence-corrected chi connectivity index (χ0v) is 11.5. The lowest BCUT2D eigenvalue weighted by Crippen LogP contribution is -2.00. The molecule has 0 aromatic rings. The first-order valence-corrected chi connectivity index (χ1v) is 6.98. The van der Waals surface area contributed by atoms with E-state index in [1.807, 2.05) is 13.0 Å². The third-order valence-electron chi connectivity index (χ3n) is 2.34. The van der Waals surface area contributed by atoms with Crippen molar-refractivity contribution in [1.82, 2.24) is 0 Å². The molecule has 0 aliphatic carbocycles. The standard InChI is InChI=1S/C15H17O2P/c1-5-9-11-15-13(8-4)17-12(7-3)14(10-6-2)18(15)16/h5-11,18H,1,3-4H2,2H3/b10-6-,11-9-. The van der Waals surface area contributed by atoms with Crippen LogP contribution >= 0.6 is 7.80 Å². The topological polar surface area (TPSA) is 26.3 Å². The molecule has 0 N–H and O–H groups in total. The first kappa shape index (κ1) is 14.3. The Kier molecular flexibility index (Phi) is 5.41. The van der Waals surface area contributed by atoms with Crippen LogP contribution in [0.2, 0.25) is 0 Å². The van der Waals surface area contributed by atoms with Crippen LogP contribution in [0.1, 0.15) is 6.92 Å². The molecule has 1 heterocycles. The maximum Gasteiger partial charge on any atom is 0.139 e. The third-order valence-corrected chi connectivity index (χ3v) is 4.15. The van der Waals surface area contributed by atoms with Crippen molar-refractivity contribution in [2.75, 3.05) is 0 Å². The molecule has 1 unspecified atom stereocenters. The molecular formula is C15H17O2P. The van der Waals surface area contributed by atoms with Gasteiger partial charge in [-0.3, -0.25) is 0 Å². The van der Waals surface area contributed by atoms with Crippen LogP contribution in [0.3, 0.4) is 0 Å². The van der Waals surface area contributed by atoms with E-state index in [-0.39, 0.29) is 0 Å². The van der Waals surface area contributed by atoms with Gasteiger partial charge in [0.25, 0.3) is 0 Å². The predicted octanol–water partition coefficient (Wildman–Crippen LogP) is 4.69. The van der Waals surface area contributed by atoms with Gasteiger partial charge < -0.3 is 9.30 Å². The van der Waals surface area contributed by atoms with Gasteiger partial charge in [-0.25, -0.2) is 0 Å². The van der Waals surface area contributed by atoms with E-state index in [2.05, 4.69) is 19.7 Å². The minimum absolute atomic E-state index is 0.514. The predicted molar refractivity (Wildman–Crippen MR) is 78.7 cm³/mol. The van der Waals surface area contributed by atoms with Crippen LogP contribution in [0.5, 0.6) is 0 Å². The number of rotatable bonds is 5. The maximum absolute atomic E-state index is 12.5. The quantitative estimate of drug-likeness (QED) is 0.529. The molecule has 0 saturated carbocycles. The summed E-state index contributed by atoms with van der Waals surface area (Å²) in [5.74, 6) is 1.04. The summed E-state index contributed by atoms with van der Waals surface area (Å²) < 4.78 is 18.2. The Morgan fingerprint density at radius 3 is 2.06 bits per heavy atom. The summed E-state index contributed by atoms with van der Waals surface area (Å²) in [5, 5.41) is 1.32. The maximum atomic E-state index is 12.5. The molecule has 0 bridgehead atoms. The molecule has 1 rings (SSSR count). The molecule has 18 heavy (non-hydrogen) atoms. The molecule has 0 radical (unpaired) electrons. The van der Waals surface area contributed by atoms with E-state index in [1.54, 1.807) is 36.5 Å². The Morgan fingerprint density at radius 2 is 1.61 bits per heavy atom. The third kappa shape index (κ3) is 2.91. The second-order valence-corrected chi connectivity index (χ2v) is 5.23. The average Bonchev–Trinajstić information content (AvgIpc) is 2.39. The van der Waals surface area contributed by atoms with E-state index in [0.717, 1.165) is 0 Å². The summed E-state index contributed by atoms with van der Waals surface area (Å²) in [4.78, 5) is 0. The van der Waals surface area contributed by atoms with Gasteiger partial charge in [0, 0.05) is 0 Å². The molecule has 3 heteroatoms. The van der Waals surface area contributed by atoms with Crippen molar-refractivity contribution in [3.05, 3.63) is 84.4 Å². The molecule has 0 saturated heterocycles. The molecular weight excluding hydrogens is 243 g/mol. The highest BCUT2D eigenvalue weighted by Crippen LogP contribution is 2.50. The fourth-order valence-electron chi connectivity index (χ4n) is 1.55. The van der Waals surface area contributed by atoms with E-state index in [1.165, 1.54) is 0 Å². The van der Waals surface area contributed by atoms with Gasteiger partial charge in [0.2, 0.25) is 0 Å². The van der Waals surface area contributed by atoms with Gasteiger partial charge in [-0.1, -0.05) is 44.0 Å². The number of allylic oxidation sites excluding steroid dienone is 9. The van der Waals surface area contributed by atoms with Crippen LogP contribution in [0, 0.1) is 0 Å². The van der Waals surface area contributed by atoms with Crippen LogP contribution in [-0.2, 0) is 9.30 Å². The highest BCUT2D eigenvalue weighted by atomic mass is 31.1. The van der Waals surface area contributed by atoms with Gasteiger partial charge in [0.05, 0.1) is 10.6 Å². The summed E-state index contributed by atoms with van der Waals surface area (Å²) in [6.45, 7) is 12.8. The normalized spacial score (nSPS) is 20.4. The van der Waals surface area contributed by atoms with E-state index in [9.17, 15) is 4.57 Å². The van der Waals surface area contributed by atoms with Gasteiger partial charge in [0.15, 0.2) is 0 Å². The van der Waals surface area contributed by atoms with E-state index >= 15 is 0 Å². The summed E-state index contributed by atoms with van der Waals surface area (Å²) in [6, 6.07) is 0. The van der Waals surface area contributed by atoms with Gasteiger partial charge in [0.1, 0.15) is 19.3 Å². The van der Waals surface area contributed by atoms with Crippen LogP contribution in [0.4, 0.5) is 0 Å². The fourth-order valence-corrected chi connectivity index (χ4v) is 3.16. The fraction of sp³-hybridized carbons (Fsp3) is 0.0667. The molecule has 94 valence electrons. The summed E-state index contributed by atoms with van der Waals surface area (Å²) in [5.41, 5.74) is 0. The molecule has 1 aliphatic heterocycles. The second kappa shape index (κ2) is 6.83. The van der Waals surface area contributed by atoms with Crippen molar-refractivity contribution in [1.29, 1.82) is 0 Å². The first-order valence-electron chi connectivity index (χ1n) is 5.57. The summed E-state index contributed by atoms with van der Waals surface area (Å²) in [6.07, 6.45) is 11.9. The Morgan fingerprint density at radius 1 is 1.06 bits per heavy atom. The van der Waals surface area contributed by atoms with E-state index in [4.69, 9.17) is 4.74 Å². The zero-order valence-electron chi connectivity index (χ0n) is 10.5. The minimum Gasteiger partial charge on any atom is -0.456 e. The zero-order chi connectivity index (χ0) is 13.5. The van der Waals surface area contributed by atoms with Crippen molar-refractivity contribution < 1.29 is 9.30 Å². The number of hydrogen-bond acceptors (Lipinski definition) is 2. The van der Waals surface area contributed by atoms with Crippen LogP contribution < -0.4 is 0 Å². The van der Waals surface area contributed by atoms with Crippen LogP contribution in [0.25, 0.3) is 0 Å². The van der Waals surface area contributed by atoms with Crippen molar-refractivity contribution in [3.63, 3.8) is 0 Å². The van der Waals surface area contributed by atoms with Crippen molar-refractivity contribution in [2.24, 2.45) is 0 Å². The Labute approximate surface area is 109 Å². The van der Waals surface area contributed by atoms with Crippen molar-refractivity contribution >= 4 is 7.80 Å². The molecule has 0 spiro atoms.